The average molecular weight is 314 g/mol. The van der Waals surface area contributed by atoms with Crippen LogP contribution in [0.4, 0.5) is 10.2 Å². The molecule has 1 amide bonds. The molecule has 0 radical (unpaired) electrons. The van der Waals surface area contributed by atoms with Crippen molar-refractivity contribution in [2.75, 3.05) is 18.6 Å². The van der Waals surface area contributed by atoms with Crippen molar-refractivity contribution in [2.24, 2.45) is 0 Å². The molecule has 0 atom stereocenters. The van der Waals surface area contributed by atoms with E-state index in [9.17, 15) is 9.18 Å². The molecule has 3 rings (SSSR count). The summed E-state index contributed by atoms with van der Waals surface area (Å²) in [6.07, 6.45) is 6.03. The van der Waals surface area contributed by atoms with Gasteiger partial charge in [0, 0.05) is 13.2 Å². The van der Waals surface area contributed by atoms with Crippen LogP contribution >= 0.6 is 0 Å². The number of aromatic nitrogens is 1. The molecule has 0 saturated carbocycles. The van der Waals surface area contributed by atoms with Gasteiger partial charge in [-0.2, -0.15) is 0 Å². The minimum Gasteiger partial charge on any atom is -0.484 e. The fraction of sp³-hybridized carbons (Fsp3) is 0.333. The Hall–Kier alpha value is -2.43. The van der Waals surface area contributed by atoms with Gasteiger partial charge in [-0.05, 0) is 61.1 Å². The van der Waals surface area contributed by atoms with Gasteiger partial charge in [-0.25, -0.2) is 9.37 Å². The highest BCUT2D eigenvalue weighted by atomic mass is 19.1. The van der Waals surface area contributed by atoms with Gasteiger partial charge in [0.25, 0.3) is 5.91 Å². The lowest BCUT2D eigenvalue weighted by atomic mass is 9.92. The quantitative estimate of drug-likeness (QED) is 0.870. The predicted octanol–water partition coefficient (Wildman–Crippen LogP) is 3.14. The number of halogens is 1. The zero-order valence-corrected chi connectivity index (χ0v) is 13.1. The van der Waals surface area contributed by atoms with Gasteiger partial charge >= 0.3 is 0 Å². The fourth-order valence-corrected chi connectivity index (χ4v) is 2.78. The van der Waals surface area contributed by atoms with Crippen LogP contribution in [0.3, 0.4) is 0 Å². The molecule has 1 aromatic heterocycles. The molecule has 5 heteroatoms. The molecule has 4 nitrogen and oxygen atoms in total. The number of amides is 1. The van der Waals surface area contributed by atoms with E-state index >= 15 is 0 Å². The zero-order chi connectivity index (χ0) is 16.2. The van der Waals surface area contributed by atoms with Gasteiger partial charge < -0.3 is 4.74 Å². The number of rotatable bonds is 4. The van der Waals surface area contributed by atoms with Crippen LogP contribution in [0.2, 0.25) is 0 Å². The van der Waals surface area contributed by atoms with Crippen LogP contribution in [0.25, 0.3) is 0 Å². The van der Waals surface area contributed by atoms with E-state index in [4.69, 9.17) is 4.74 Å². The number of hydrogen-bond acceptors (Lipinski definition) is 3. The second-order valence-corrected chi connectivity index (χ2v) is 5.69. The van der Waals surface area contributed by atoms with Gasteiger partial charge in [-0.1, -0.05) is 6.07 Å². The Kier molecular flexibility index (Phi) is 4.55. The van der Waals surface area contributed by atoms with E-state index in [0.29, 0.717) is 5.75 Å². The van der Waals surface area contributed by atoms with E-state index in [0.717, 1.165) is 12.8 Å². The molecule has 0 N–H and O–H groups in total. The number of carbonyl (C=O) groups excluding carboxylic acids is 1. The Morgan fingerprint density at radius 3 is 2.83 bits per heavy atom. The number of anilines is 1. The third-order valence-corrected chi connectivity index (χ3v) is 4.11. The number of fused-ring (bicyclic) bond motifs is 1. The lowest BCUT2D eigenvalue weighted by molar-refractivity contribution is -0.120. The normalized spacial score (nSPS) is 13.3. The maximum Gasteiger partial charge on any atom is 0.265 e. The summed E-state index contributed by atoms with van der Waals surface area (Å²) >= 11 is 0. The van der Waals surface area contributed by atoms with Crippen LogP contribution < -0.4 is 9.64 Å². The summed E-state index contributed by atoms with van der Waals surface area (Å²) in [7, 11) is 1.49. The lowest BCUT2D eigenvalue weighted by Crippen LogP contribution is -2.32. The average Bonchev–Trinajstić information content (AvgIpc) is 2.59. The van der Waals surface area contributed by atoms with Crippen molar-refractivity contribution in [2.45, 2.75) is 25.7 Å². The smallest absolute Gasteiger partial charge is 0.265 e. The molecule has 0 bridgehead atoms. The van der Waals surface area contributed by atoms with Crippen LogP contribution in [-0.4, -0.2) is 24.5 Å². The summed E-state index contributed by atoms with van der Waals surface area (Å²) < 4.78 is 19.2. The van der Waals surface area contributed by atoms with Crippen molar-refractivity contribution >= 4 is 11.7 Å². The molecule has 1 heterocycles. The molecule has 1 aliphatic rings. The van der Waals surface area contributed by atoms with E-state index in [2.05, 4.69) is 11.1 Å². The van der Waals surface area contributed by atoms with Crippen LogP contribution in [0.5, 0.6) is 5.75 Å². The van der Waals surface area contributed by atoms with Crippen molar-refractivity contribution in [3.05, 3.63) is 53.5 Å². The fourth-order valence-electron chi connectivity index (χ4n) is 2.78. The Bertz CT molecular complexity index is 718. The third-order valence-electron chi connectivity index (χ3n) is 4.11. The number of likely N-dealkylation sites (N-methyl/N-ethyl adjacent to an activating group) is 1. The molecule has 0 fully saturated rings. The SMILES string of the molecule is CN(C(=O)COc1ccc2c(c1)CCCC2)c1ncccc1F. The summed E-state index contributed by atoms with van der Waals surface area (Å²) in [5.41, 5.74) is 2.66. The Labute approximate surface area is 134 Å². The van der Waals surface area contributed by atoms with Crippen molar-refractivity contribution in [3.63, 3.8) is 0 Å². The summed E-state index contributed by atoms with van der Waals surface area (Å²) in [6.45, 7) is -0.148. The third kappa shape index (κ3) is 3.50. The van der Waals surface area contributed by atoms with E-state index in [1.807, 2.05) is 12.1 Å². The van der Waals surface area contributed by atoms with E-state index in [1.54, 1.807) is 0 Å². The number of aryl methyl sites for hydroxylation is 2. The standard InChI is InChI=1S/C18H19FN2O2/c1-21(18-16(19)7-4-10-20-18)17(22)12-23-15-9-8-13-5-2-3-6-14(13)11-15/h4,7-11H,2-3,5-6,12H2,1H3. The molecule has 0 aliphatic heterocycles. The van der Waals surface area contributed by atoms with Gasteiger partial charge in [0.15, 0.2) is 18.2 Å². The topological polar surface area (TPSA) is 42.4 Å². The summed E-state index contributed by atoms with van der Waals surface area (Å²) in [5.74, 6) is -0.196. The molecule has 1 aromatic carbocycles. The van der Waals surface area contributed by atoms with Crippen LogP contribution in [0.15, 0.2) is 36.5 Å². The van der Waals surface area contributed by atoms with Gasteiger partial charge in [-0.15, -0.1) is 0 Å². The molecule has 2 aromatic rings. The van der Waals surface area contributed by atoms with Crippen molar-refractivity contribution in [3.8, 4) is 5.75 Å². The van der Waals surface area contributed by atoms with Crippen molar-refractivity contribution in [1.82, 2.24) is 4.98 Å². The predicted molar refractivity (Wildman–Crippen MR) is 86.2 cm³/mol. The lowest BCUT2D eigenvalue weighted by Gasteiger charge is -2.19. The number of pyridine rings is 1. The summed E-state index contributed by atoms with van der Waals surface area (Å²) in [5, 5.41) is 0. The zero-order valence-electron chi connectivity index (χ0n) is 13.1. The summed E-state index contributed by atoms with van der Waals surface area (Å²) in [4.78, 5) is 17.2. The van der Waals surface area contributed by atoms with Gasteiger partial charge in [0.2, 0.25) is 0 Å². The second-order valence-electron chi connectivity index (χ2n) is 5.69. The maximum absolute atomic E-state index is 13.7. The maximum atomic E-state index is 13.7. The van der Waals surface area contributed by atoms with E-state index < -0.39 is 5.82 Å². The molecule has 0 saturated heterocycles. The Morgan fingerprint density at radius 1 is 1.26 bits per heavy atom. The Morgan fingerprint density at radius 2 is 2.04 bits per heavy atom. The van der Waals surface area contributed by atoms with Crippen molar-refractivity contribution in [1.29, 1.82) is 0 Å². The number of carbonyl (C=O) groups is 1. The molecule has 1 aliphatic carbocycles. The van der Waals surface area contributed by atoms with Crippen LogP contribution in [0, 0.1) is 5.82 Å². The summed E-state index contributed by atoms with van der Waals surface area (Å²) in [6, 6.07) is 8.72. The first-order valence-electron chi connectivity index (χ1n) is 7.77. The van der Waals surface area contributed by atoms with Gasteiger partial charge in [0.1, 0.15) is 5.75 Å². The van der Waals surface area contributed by atoms with E-state index in [1.165, 1.54) is 54.2 Å². The minimum absolute atomic E-state index is 0.00606. The first-order chi connectivity index (χ1) is 11.1. The number of benzene rings is 1. The largest absolute Gasteiger partial charge is 0.484 e. The highest BCUT2D eigenvalue weighted by Gasteiger charge is 2.17. The number of hydrogen-bond donors (Lipinski definition) is 0. The van der Waals surface area contributed by atoms with Gasteiger partial charge in [0.05, 0.1) is 0 Å². The molecular weight excluding hydrogens is 295 g/mol. The van der Waals surface area contributed by atoms with Gasteiger partial charge in [-0.3, -0.25) is 9.69 Å². The molecule has 120 valence electrons. The minimum atomic E-state index is -0.530. The van der Waals surface area contributed by atoms with Crippen LogP contribution in [0.1, 0.15) is 24.0 Å². The van der Waals surface area contributed by atoms with Crippen molar-refractivity contribution < 1.29 is 13.9 Å². The first kappa shape index (κ1) is 15.5. The second kappa shape index (κ2) is 6.77. The van der Waals surface area contributed by atoms with E-state index in [-0.39, 0.29) is 18.3 Å². The number of nitrogens with zero attached hydrogens (tertiary/aromatic N) is 2. The molecule has 0 unspecified atom stereocenters. The highest BCUT2D eigenvalue weighted by molar-refractivity contribution is 5.93. The number of ether oxygens (including phenoxy) is 1. The highest BCUT2D eigenvalue weighted by Crippen LogP contribution is 2.25. The molecule has 0 spiro atoms. The van der Waals surface area contributed by atoms with Crippen LogP contribution in [-0.2, 0) is 17.6 Å². The molecule has 23 heavy (non-hydrogen) atoms. The monoisotopic (exact) mass is 314 g/mol. The Balaban J connectivity index is 1.64. The molecular formula is C18H19FN2O2. The first-order valence-corrected chi connectivity index (χ1v) is 7.77.